The number of nitrogens with zero attached hydrogens (tertiary/aromatic N) is 1. The van der Waals surface area contributed by atoms with Crippen molar-refractivity contribution in [3.05, 3.63) is 32.4 Å². The summed E-state index contributed by atoms with van der Waals surface area (Å²) in [6, 6.07) is 7.25. The number of rotatable bonds is 0. The zero-order valence-electron chi connectivity index (χ0n) is 4.94. The molecule has 0 atom stereocenters. The van der Waals surface area contributed by atoms with E-state index in [9.17, 15) is 0 Å². The molecule has 0 saturated heterocycles. The van der Waals surface area contributed by atoms with Gasteiger partial charge in [-0.05, 0) is 40.8 Å². The molecule has 0 radical (unpaired) electrons. The fraction of sp³-hybridized carbons (Fsp3) is 0. The van der Waals surface area contributed by atoms with Crippen LogP contribution >= 0.6 is 34.2 Å². The molecular weight excluding hydrogens is 260 g/mol. The van der Waals surface area contributed by atoms with Gasteiger partial charge in [0, 0.05) is 8.59 Å². The smallest absolute Gasteiger partial charge is 0.0992 e. The molecule has 0 fully saturated rings. The molecule has 0 bridgehead atoms. The molecule has 0 aromatic heterocycles. The molecule has 1 nitrogen and oxygen atoms in total. The van der Waals surface area contributed by atoms with Crippen molar-refractivity contribution in [1.82, 2.24) is 0 Å². The zero-order chi connectivity index (χ0) is 7.56. The van der Waals surface area contributed by atoms with Crippen LogP contribution in [-0.4, -0.2) is 0 Å². The number of hydrogen-bond donors (Lipinski definition) is 0. The highest BCUT2D eigenvalue weighted by atomic mass is 127. The average Bonchev–Trinajstić information content (AvgIpc) is 1.85. The molecule has 50 valence electrons. The third-order valence-corrected chi connectivity index (χ3v) is 1.83. The molecule has 0 unspecified atom stereocenters. The highest BCUT2D eigenvalue weighted by Gasteiger charge is 1.94. The molecule has 0 amide bonds. The number of benzene rings is 1. The van der Waals surface area contributed by atoms with Crippen LogP contribution in [0.25, 0.3) is 0 Å². The van der Waals surface area contributed by atoms with Gasteiger partial charge in [0.1, 0.15) is 0 Å². The summed E-state index contributed by atoms with van der Waals surface area (Å²) in [5.41, 5.74) is 0.608. The van der Waals surface area contributed by atoms with Crippen LogP contribution in [0.4, 0.5) is 0 Å². The first kappa shape index (κ1) is 7.83. The van der Waals surface area contributed by atoms with Gasteiger partial charge >= 0.3 is 0 Å². The zero-order valence-corrected chi connectivity index (χ0v) is 7.85. The Balaban J connectivity index is 3.22. The van der Waals surface area contributed by atoms with Gasteiger partial charge in [-0.2, -0.15) is 5.26 Å². The van der Waals surface area contributed by atoms with Crippen LogP contribution in [0.2, 0.25) is 5.02 Å². The van der Waals surface area contributed by atoms with Crippen molar-refractivity contribution in [3.8, 4) is 6.07 Å². The van der Waals surface area contributed by atoms with E-state index in [0.29, 0.717) is 10.6 Å². The van der Waals surface area contributed by atoms with Gasteiger partial charge < -0.3 is 0 Å². The summed E-state index contributed by atoms with van der Waals surface area (Å²) >= 11 is 7.79. The summed E-state index contributed by atoms with van der Waals surface area (Å²) in [5.74, 6) is 0. The van der Waals surface area contributed by atoms with Crippen LogP contribution in [0.1, 0.15) is 5.56 Å². The second kappa shape index (κ2) is 3.22. The summed E-state index contributed by atoms with van der Waals surface area (Å²) in [6.07, 6.45) is 0. The lowest BCUT2D eigenvalue weighted by molar-refractivity contribution is 1.47. The molecule has 0 saturated carbocycles. The Hall–Kier alpha value is -0.270. The molecule has 1 aromatic rings. The van der Waals surface area contributed by atoms with Crippen LogP contribution < -0.4 is 0 Å². The normalized spacial score (nSPS) is 8.90. The van der Waals surface area contributed by atoms with E-state index in [4.69, 9.17) is 16.9 Å². The van der Waals surface area contributed by atoms with Crippen LogP contribution in [0, 0.1) is 14.9 Å². The fourth-order valence-corrected chi connectivity index (χ4v) is 1.71. The van der Waals surface area contributed by atoms with Gasteiger partial charge in [0.15, 0.2) is 0 Å². The maximum Gasteiger partial charge on any atom is 0.0992 e. The van der Waals surface area contributed by atoms with Gasteiger partial charge in [-0.25, -0.2) is 0 Å². The lowest BCUT2D eigenvalue weighted by Crippen LogP contribution is -1.76. The predicted molar refractivity (Wildman–Crippen MR) is 48.9 cm³/mol. The first-order valence-corrected chi connectivity index (χ1v) is 4.04. The van der Waals surface area contributed by atoms with E-state index in [1.54, 1.807) is 12.1 Å². The SMILES string of the molecule is N#Cc1cc(Cl)cc(I)c1. The summed E-state index contributed by atoms with van der Waals surface area (Å²) in [7, 11) is 0. The van der Waals surface area contributed by atoms with Gasteiger partial charge in [-0.15, -0.1) is 0 Å². The van der Waals surface area contributed by atoms with Crippen molar-refractivity contribution in [3.63, 3.8) is 0 Å². The lowest BCUT2D eigenvalue weighted by atomic mass is 10.2. The maximum atomic E-state index is 8.47. The molecule has 1 rings (SSSR count). The molecular formula is C7H3ClIN. The highest BCUT2D eigenvalue weighted by molar-refractivity contribution is 14.1. The minimum absolute atomic E-state index is 0.608. The Morgan fingerprint density at radius 1 is 1.40 bits per heavy atom. The Kier molecular flexibility index (Phi) is 2.52. The molecule has 3 heteroatoms. The topological polar surface area (TPSA) is 23.8 Å². The molecule has 0 aliphatic heterocycles. The standard InChI is InChI=1S/C7H3ClIN/c8-6-1-5(4-10)2-7(9)3-6/h1-3H. The van der Waals surface area contributed by atoms with E-state index < -0.39 is 0 Å². The van der Waals surface area contributed by atoms with E-state index in [1.165, 1.54) is 0 Å². The van der Waals surface area contributed by atoms with E-state index in [0.717, 1.165) is 3.57 Å². The Bertz CT molecular complexity index is 270. The van der Waals surface area contributed by atoms with Crippen molar-refractivity contribution < 1.29 is 0 Å². The van der Waals surface area contributed by atoms with Crippen molar-refractivity contribution in [1.29, 1.82) is 5.26 Å². The second-order valence-corrected chi connectivity index (χ2v) is 3.45. The molecule has 0 N–H and O–H groups in total. The number of hydrogen-bond acceptors (Lipinski definition) is 1. The molecule has 10 heavy (non-hydrogen) atoms. The fourth-order valence-electron chi connectivity index (χ4n) is 0.618. The summed E-state index contributed by atoms with van der Waals surface area (Å²) in [6.45, 7) is 0. The first-order chi connectivity index (χ1) is 4.72. The van der Waals surface area contributed by atoms with E-state index >= 15 is 0 Å². The quantitative estimate of drug-likeness (QED) is 0.660. The monoisotopic (exact) mass is 263 g/mol. The summed E-state index contributed by atoms with van der Waals surface area (Å²) in [5, 5.41) is 9.09. The van der Waals surface area contributed by atoms with Crippen molar-refractivity contribution in [2.24, 2.45) is 0 Å². The maximum absolute atomic E-state index is 8.47. The van der Waals surface area contributed by atoms with Crippen LogP contribution in [-0.2, 0) is 0 Å². The highest BCUT2D eigenvalue weighted by Crippen LogP contribution is 2.15. The number of halogens is 2. The molecule has 0 aliphatic carbocycles. The Morgan fingerprint density at radius 3 is 2.60 bits per heavy atom. The molecule has 0 heterocycles. The van der Waals surface area contributed by atoms with Crippen molar-refractivity contribution in [2.75, 3.05) is 0 Å². The Labute approximate surface area is 77.8 Å². The van der Waals surface area contributed by atoms with Gasteiger partial charge in [0.05, 0.1) is 11.6 Å². The van der Waals surface area contributed by atoms with Crippen LogP contribution in [0.3, 0.4) is 0 Å². The third-order valence-electron chi connectivity index (χ3n) is 0.992. The minimum Gasteiger partial charge on any atom is -0.192 e. The number of nitriles is 1. The minimum atomic E-state index is 0.608. The third kappa shape index (κ3) is 1.86. The molecule has 0 spiro atoms. The molecule has 0 aliphatic rings. The molecule has 1 aromatic carbocycles. The van der Waals surface area contributed by atoms with Crippen molar-refractivity contribution in [2.45, 2.75) is 0 Å². The largest absolute Gasteiger partial charge is 0.192 e. The van der Waals surface area contributed by atoms with Gasteiger partial charge in [-0.1, -0.05) is 11.6 Å². The average molecular weight is 263 g/mol. The van der Waals surface area contributed by atoms with Crippen LogP contribution in [0.15, 0.2) is 18.2 Å². The Morgan fingerprint density at radius 2 is 2.10 bits per heavy atom. The second-order valence-electron chi connectivity index (χ2n) is 1.77. The van der Waals surface area contributed by atoms with E-state index in [1.807, 2.05) is 12.1 Å². The van der Waals surface area contributed by atoms with Crippen molar-refractivity contribution >= 4 is 34.2 Å². The first-order valence-electron chi connectivity index (χ1n) is 2.58. The van der Waals surface area contributed by atoms with Crippen LogP contribution in [0.5, 0.6) is 0 Å². The van der Waals surface area contributed by atoms with E-state index in [2.05, 4.69) is 22.6 Å². The van der Waals surface area contributed by atoms with Gasteiger partial charge in [0.2, 0.25) is 0 Å². The summed E-state index contributed by atoms with van der Waals surface area (Å²) < 4.78 is 0.988. The van der Waals surface area contributed by atoms with E-state index in [-0.39, 0.29) is 0 Å². The van der Waals surface area contributed by atoms with Gasteiger partial charge in [0.25, 0.3) is 0 Å². The summed E-state index contributed by atoms with van der Waals surface area (Å²) in [4.78, 5) is 0. The predicted octanol–water partition coefficient (Wildman–Crippen LogP) is 2.82. The lowest BCUT2D eigenvalue weighted by Gasteiger charge is -1.92. The van der Waals surface area contributed by atoms with Gasteiger partial charge in [-0.3, -0.25) is 0 Å².